The molecule has 0 bridgehead atoms. The number of halogens is 1. The Kier molecular flexibility index (Phi) is 3.96. The summed E-state index contributed by atoms with van der Waals surface area (Å²) in [4.78, 5) is 10.3. The summed E-state index contributed by atoms with van der Waals surface area (Å²) in [6.07, 6.45) is 0. The second-order valence-electron chi connectivity index (χ2n) is 3.19. The molecule has 0 spiro atoms. The average Bonchev–Trinajstić information content (AvgIpc) is 2.10. The molecule has 0 fully saturated rings. The third kappa shape index (κ3) is 3.79. The van der Waals surface area contributed by atoms with Gasteiger partial charge in [-0.2, -0.15) is 0 Å². The quantitative estimate of drug-likeness (QED) is 0.852. The molecule has 0 aromatic heterocycles. The standard InChI is InChI=1S/C10H11FO3S/c1-7-2-3-9(11)4-8(7)5-15(14)6-10(12)13/h2-4H,5-6H2,1H3,(H,12,13). The van der Waals surface area contributed by atoms with E-state index in [0.29, 0.717) is 5.56 Å². The van der Waals surface area contributed by atoms with Gasteiger partial charge in [-0.25, -0.2) is 4.39 Å². The van der Waals surface area contributed by atoms with Gasteiger partial charge in [0.15, 0.2) is 0 Å². The van der Waals surface area contributed by atoms with Crippen LogP contribution in [0.4, 0.5) is 4.39 Å². The lowest BCUT2D eigenvalue weighted by atomic mass is 10.1. The smallest absolute Gasteiger partial charge is 0.316 e. The Morgan fingerprint density at radius 1 is 1.53 bits per heavy atom. The van der Waals surface area contributed by atoms with Crippen LogP contribution in [0.1, 0.15) is 11.1 Å². The molecule has 5 heteroatoms. The number of aryl methyl sites for hydroxylation is 1. The van der Waals surface area contributed by atoms with E-state index in [0.717, 1.165) is 5.56 Å². The number of carbonyl (C=O) groups is 1. The fraction of sp³-hybridized carbons (Fsp3) is 0.300. The lowest BCUT2D eigenvalue weighted by Gasteiger charge is -2.04. The van der Waals surface area contributed by atoms with Crippen LogP contribution in [0, 0.1) is 12.7 Å². The van der Waals surface area contributed by atoms with Crippen LogP contribution in [0.5, 0.6) is 0 Å². The Labute approximate surface area is 89.4 Å². The van der Waals surface area contributed by atoms with Crippen molar-refractivity contribution in [2.24, 2.45) is 0 Å². The molecule has 0 aliphatic heterocycles. The summed E-state index contributed by atoms with van der Waals surface area (Å²) in [6, 6.07) is 4.19. The van der Waals surface area contributed by atoms with Crippen molar-refractivity contribution >= 4 is 16.8 Å². The van der Waals surface area contributed by atoms with E-state index in [1.807, 2.05) is 0 Å². The molecule has 0 radical (unpaired) electrons. The highest BCUT2D eigenvalue weighted by Gasteiger charge is 2.09. The number of benzene rings is 1. The summed E-state index contributed by atoms with van der Waals surface area (Å²) in [5, 5.41) is 8.42. The molecule has 1 atom stereocenters. The predicted octanol–water partition coefficient (Wildman–Crippen LogP) is 1.47. The Morgan fingerprint density at radius 2 is 2.20 bits per heavy atom. The summed E-state index contributed by atoms with van der Waals surface area (Å²) in [5.74, 6) is -1.84. The number of aliphatic carboxylic acids is 1. The largest absolute Gasteiger partial charge is 0.481 e. The van der Waals surface area contributed by atoms with Crippen molar-refractivity contribution in [2.45, 2.75) is 12.7 Å². The summed E-state index contributed by atoms with van der Waals surface area (Å²) in [7, 11) is -1.49. The van der Waals surface area contributed by atoms with E-state index in [2.05, 4.69) is 0 Å². The third-order valence-electron chi connectivity index (χ3n) is 1.91. The molecule has 0 saturated carbocycles. The maximum atomic E-state index is 12.8. The molecule has 1 N–H and O–H groups in total. The molecular weight excluding hydrogens is 219 g/mol. The molecule has 0 aliphatic rings. The molecule has 0 aliphatic carbocycles. The molecule has 0 saturated heterocycles. The van der Waals surface area contributed by atoms with E-state index in [1.54, 1.807) is 13.0 Å². The van der Waals surface area contributed by atoms with Crippen LogP contribution in [0.15, 0.2) is 18.2 Å². The highest BCUT2D eigenvalue weighted by molar-refractivity contribution is 7.84. The zero-order valence-electron chi connectivity index (χ0n) is 8.20. The van der Waals surface area contributed by atoms with Gasteiger partial charge in [0.1, 0.15) is 11.6 Å². The molecular formula is C10H11FO3S. The van der Waals surface area contributed by atoms with Crippen LogP contribution in [-0.2, 0) is 21.3 Å². The lowest BCUT2D eigenvalue weighted by molar-refractivity contribution is -0.133. The fourth-order valence-electron chi connectivity index (χ4n) is 1.16. The van der Waals surface area contributed by atoms with Gasteiger partial charge in [-0.1, -0.05) is 6.07 Å². The Balaban J connectivity index is 2.76. The average molecular weight is 230 g/mol. The number of carboxylic acids is 1. The number of hydrogen-bond acceptors (Lipinski definition) is 2. The maximum Gasteiger partial charge on any atom is 0.316 e. The fourth-order valence-corrected chi connectivity index (χ4v) is 2.19. The highest BCUT2D eigenvalue weighted by Crippen LogP contribution is 2.12. The monoisotopic (exact) mass is 230 g/mol. The first-order valence-electron chi connectivity index (χ1n) is 4.31. The molecule has 1 unspecified atom stereocenters. The van der Waals surface area contributed by atoms with Crippen molar-refractivity contribution < 1.29 is 18.5 Å². The van der Waals surface area contributed by atoms with Gasteiger partial charge >= 0.3 is 5.97 Å². The first-order chi connectivity index (χ1) is 6.99. The van der Waals surface area contributed by atoms with Crippen molar-refractivity contribution in [3.05, 3.63) is 35.1 Å². The van der Waals surface area contributed by atoms with Crippen LogP contribution in [0.2, 0.25) is 0 Å². The molecule has 1 rings (SSSR count). The molecule has 0 heterocycles. The second kappa shape index (κ2) is 5.02. The summed E-state index contributed by atoms with van der Waals surface area (Å²) in [5.41, 5.74) is 1.41. The zero-order chi connectivity index (χ0) is 11.4. The summed E-state index contributed by atoms with van der Waals surface area (Å²) < 4.78 is 24.1. The van der Waals surface area contributed by atoms with Crippen molar-refractivity contribution in [3.8, 4) is 0 Å². The van der Waals surface area contributed by atoms with E-state index >= 15 is 0 Å². The number of hydrogen-bond donors (Lipinski definition) is 1. The van der Waals surface area contributed by atoms with Gasteiger partial charge in [-0.3, -0.25) is 9.00 Å². The van der Waals surface area contributed by atoms with Crippen molar-refractivity contribution in [3.63, 3.8) is 0 Å². The number of rotatable bonds is 4. The Bertz CT molecular complexity index is 404. The van der Waals surface area contributed by atoms with Crippen LogP contribution < -0.4 is 0 Å². The van der Waals surface area contributed by atoms with E-state index in [-0.39, 0.29) is 5.75 Å². The SMILES string of the molecule is Cc1ccc(F)cc1CS(=O)CC(=O)O. The van der Waals surface area contributed by atoms with Gasteiger partial charge in [0.25, 0.3) is 0 Å². The Hall–Kier alpha value is -1.23. The van der Waals surface area contributed by atoms with E-state index in [9.17, 15) is 13.4 Å². The van der Waals surface area contributed by atoms with Gasteiger partial charge in [-0.05, 0) is 30.2 Å². The van der Waals surface area contributed by atoms with Crippen LogP contribution in [0.3, 0.4) is 0 Å². The van der Waals surface area contributed by atoms with Crippen molar-refractivity contribution in [2.75, 3.05) is 5.75 Å². The predicted molar refractivity (Wildman–Crippen MR) is 55.5 cm³/mol. The van der Waals surface area contributed by atoms with Crippen LogP contribution in [0.25, 0.3) is 0 Å². The maximum absolute atomic E-state index is 12.8. The topological polar surface area (TPSA) is 54.4 Å². The molecule has 1 aromatic rings. The zero-order valence-corrected chi connectivity index (χ0v) is 9.01. The van der Waals surface area contributed by atoms with Gasteiger partial charge in [0.05, 0.1) is 0 Å². The minimum absolute atomic E-state index is 0.0793. The first-order valence-corrected chi connectivity index (χ1v) is 5.79. The third-order valence-corrected chi connectivity index (χ3v) is 3.11. The first kappa shape index (κ1) is 11.8. The highest BCUT2D eigenvalue weighted by atomic mass is 32.2. The van der Waals surface area contributed by atoms with Gasteiger partial charge in [-0.15, -0.1) is 0 Å². The van der Waals surface area contributed by atoms with Gasteiger partial charge < -0.3 is 5.11 Å². The lowest BCUT2D eigenvalue weighted by Crippen LogP contribution is -2.11. The minimum atomic E-state index is -1.49. The molecule has 82 valence electrons. The molecule has 0 amide bonds. The van der Waals surface area contributed by atoms with E-state index < -0.39 is 28.3 Å². The molecule has 3 nitrogen and oxygen atoms in total. The summed E-state index contributed by atoms with van der Waals surface area (Å²) >= 11 is 0. The van der Waals surface area contributed by atoms with Crippen LogP contribution in [-0.4, -0.2) is 21.0 Å². The van der Waals surface area contributed by atoms with Gasteiger partial charge in [0, 0.05) is 16.6 Å². The number of carboxylic acid groups (broad SMARTS) is 1. The second-order valence-corrected chi connectivity index (χ2v) is 4.65. The normalized spacial score (nSPS) is 12.4. The van der Waals surface area contributed by atoms with E-state index in [1.165, 1.54) is 12.1 Å². The molecule has 15 heavy (non-hydrogen) atoms. The van der Waals surface area contributed by atoms with Crippen molar-refractivity contribution in [1.29, 1.82) is 0 Å². The van der Waals surface area contributed by atoms with Gasteiger partial charge in [0.2, 0.25) is 0 Å². The van der Waals surface area contributed by atoms with Crippen LogP contribution >= 0.6 is 0 Å². The Morgan fingerprint density at radius 3 is 2.80 bits per heavy atom. The minimum Gasteiger partial charge on any atom is -0.481 e. The van der Waals surface area contributed by atoms with E-state index in [4.69, 9.17) is 5.11 Å². The van der Waals surface area contributed by atoms with Crippen molar-refractivity contribution in [1.82, 2.24) is 0 Å². The molecule has 1 aromatic carbocycles. The summed E-state index contributed by atoms with van der Waals surface area (Å²) in [6.45, 7) is 1.77.